The lowest BCUT2D eigenvalue weighted by Gasteiger charge is -2.12. The van der Waals surface area contributed by atoms with Crippen molar-refractivity contribution in [2.75, 3.05) is 21.1 Å². The van der Waals surface area contributed by atoms with Gasteiger partial charge in [-0.15, -0.1) is 0 Å². The zero-order valence-corrected chi connectivity index (χ0v) is 8.38. The molecule has 0 atom stereocenters. The van der Waals surface area contributed by atoms with E-state index in [1.165, 1.54) is 0 Å². The summed E-state index contributed by atoms with van der Waals surface area (Å²) in [7, 11) is 5.84. The molecule has 0 saturated heterocycles. The molecular formula is C5H12IN3. The summed E-state index contributed by atoms with van der Waals surface area (Å²) in [5.74, 6) is 1.01. The summed E-state index contributed by atoms with van der Waals surface area (Å²) in [6.45, 7) is 1.97. The monoisotopic (exact) mass is 241 g/mol. The maximum Gasteiger partial charge on any atom is 0.122 e. The van der Waals surface area contributed by atoms with Crippen LogP contribution in [0.15, 0.2) is 5.10 Å². The number of rotatable bonds is 1. The molecule has 0 unspecified atom stereocenters. The van der Waals surface area contributed by atoms with Gasteiger partial charge in [0.05, 0.1) is 22.9 Å². The Morgan fingerprint density at radius 3 is 1.89 bits per heavy atom. The van der Waals surface area contributed by atoms with Crippen LogP contribution < -0.4 is 0 Å². The second kappa shape index (κ2) is 3.92. The van der Waals surface area contributed by atoms with Gasteiger partial charge in [-0.05, 0) is 6.92 Å². The van der Waals surface area contributed by atoms with E-state index in [4.69, 9.17) is 0 Å². The molecule has 0 saturated carbocycles. The third-order valence-electron chi connectivity index (χ3n) is 0.930. The van der Waals surface area contributed by atoms with E-state index >= 15 is 0 Å². The molecule has 0 aromatic carbocycles. The Labute approximate surface area is 70.2 Å². The van der Waals surface area contributed by atoms with Crippen LogP contribution in [-0.2, 0) is 0 Å². The Morgan fingerprint density at radius 2 is 1.78 bits per heavy atom. The van der Waals surface area contributed by atoms with E-state index in [2.05, 4.69) is 28.0 Å². The van der Waals surface area contributed by atoms with E-state index in [0.29, 0.717) is 0 Å². The van der Waals surface area contributed by atoms with E-state index in [-0.39, 0.29) is 0 Å². The van der Waals surface area contributed by atoms with E-state index in [1.54, 1.807) is 3.22 Å². The number of hydrogen-bond donors (Lipinski definition) is 0. The van der Waals surface area contributed by atoms with Gasteiger partial charge in [0.25, 0.3) is 0 Å². The molecule has 0 N–H and O–H groups in total. The molecule has 4 heteroatoms. The van der Waals surface area contributed by atoms with Crippen LogP contribution in [0.1, 0.15) is 6.92 Å². The van der Waals surface area contributed by atoms with E-state index in [0.717, 1.165) is 5.84 Å². The maximum atomic E-state index is 4.14. The molecule has 0 spiro atoms. The highest BCUT2D eigenvalue weighted by molar-refractivity contribution is 14.1. The highest BCUT2D eigenvalue weighted by atomic mass is 127. The minimum atomic E-state index is 1.01. The minimum Gasteiger partial charge on any atom is -0.365 e. The summed E-state index contributed by atoms with van der Waals surface area (Å²) >= 11 is 2.11. The molecule has 0 aromatic rings. The van der Waals surface area contributed by atoms with E-state index < -0.39 is 0 Å². The van der Waals surface area contributed by atoms with Crippen molar-refractivity contribution in [2.24, 2.45) is 5.10 Å². The Hall–Kier alpha value is -0.0000000000000000555. The van der Waals surface area contributed by atoms with Gasteiger partial charge in [-0.25, -0.2) is 3.22 Å². The number of halogens is 1. The van der Waals surface area contributed by atoms with Gasteiger partial charge in [0, 0.05) is 21.1 Å². The molecule has 0 radical (unpaired) electrons. The first kappa shape index (κ1) is 9.00. The van der Waals surface area contributed by atoms with Gasteiger partial charge in [0.15, 0.2) is 0 Å². The summed E-state index contributed by atoms with van der Waals surface area (Å²) in [5, 5.41) is 4.14. The van der Waals surface area contributed by atoms with Crippen molar-refractivity contribution in [3.63, 3.8) is 0 Å². The van der Waals surface area contributed by atoms with Crippen LogP contribution in [0.3, 0.4) is 0 Å². The zero-order valence-electron chi connectivity index (χ0n) is 6.22. The Morgan fingerprint density at radius 1 is 1.33 bits per heavy atom. The fourth-order valence-electron chi connectivity index (χ4n) is 0.289. The van der Waals surface area contributed by atoms with Crippen LogP contribution >= 0.6 is 22.9 Å². The fourth-order valence-corrected chi connectivity index (χ4v) is 0.601. The Kier molecular flexibility index (Phi) is 3.92. The van der Waals surface area contributed by atoms with Crippen molar-refractivity contribution in [3.8, 4) is 0 Å². The SMILES string of the molecule is C/C(=N/N(C)I)N(C)C. The average Bonchev–Trinajstić information content (AvgIpc) is 1.63. The summed E-state index contributed by atoms with van der Waals surface area (Å²) in [6.07, 6.45) is 0. The second-order valence-electron chi connectivity index (χ2n) is 1.99. The molecule has 3 nitrogen and oxygen atoms in total. The maximum absolute atomic E-state index is 4.14. The lowest BCUT2D eigenvalue weighted by Crippen LogP contribution is -2.20. The summed E-state index contributed by atoms with van der Waals surface area (Å²) in [4.78, 5) is 1.97. The number of nitrogens with zero attached hydrogens (tertiary/aromatic N) is 3. The molecule has 9 heavy (non-hydrogen) atoms. The Bertz CT molecular complexity index is 109. The molecule has 0 heterocycles. The molecular weight excluding hydrogens is 229 g/mol. The lowest BCUT2D eigenvalue weighted by atomic mass is 10.6. The van der Waals surface area contributed by atoms with Crippen LogP contribution in [0.25, 0.3) is 0 Å². The highest BCUT2D eigenvalue weighted by Crippen LogP contribution is 1.94. The summed E-state index contributed by atoms with van der Waals surface area (Å²) in [5.41, 5.74) is 0. The van der Waals surface area contributed by atoms with Gasteiger partial charge in [0.2, 0.25) is 0 Å². The number of hydrazone groups is 1. The van der Waals surface area contributed by atoms with Crippen LogP contribution in [-0.4, -0.2) is 35.1 Å². The smallest absolute Gasteiger partial charge is 0.122 e. The van der Waals surface area contributed by atoms with E-state index in [9.17, 15) is 0 Å². The summed E-state index contributed by atoms with van der Waals surface area (Å²) < 4.78 is 1.76. The lowest BCUT2D eigenvalue weighted by molar-refractivity contribution is 0.575. The fraction of sp³-hybridized carbons (Fsp3) is 0.800. The molecule has 0 aliphatic rings. The van der Waals surface area contributed by atoms with Crippen molar-refractivity contribution < 1.29 is 0 Å². The van der Waals surface area contributed by atoms with Gasteiger partial charge >= 0.3 is 0 Å². The highest BCUT2D eigenvalue weighted by Gasteiger charge is 1.91. The zero-order chi connectivity index (χ0) is 7.44. The van der Waals surface area contributed by atoms with Crippen molar-refractivity contribution in [1.29, 1.82) is 0 Å². The molecule has 0 amide bonds. The molecule has 0 aliphatic heterocycles. The van der Waals surface area contributed by atoms with E-state index in [1.807, 2.05) is 33.0 Å². The van der Waals surface area contributed by atoms with Crippen LogP contribution in [0.5, 0.6) is 0 Å². The minimum absolute atomic E-state index is 1.01. The topological polar surface area (TPSA) is 18.8 Å². The van der Waals surface area contributed by atoms with Gasteiger partial charge in [-0.1, -0.05) is 0 Å². The van der Waals surface area contributed by atoms with Crippen molar-refractivity contribution in [1.82, 2.24) is 8.12 Å². The third-order valence-corrected chi connectivity index (χ3v) is 1.15. The molecule has 54 valence electrons. The van der Waals surface area contributed by atoms with Crippen molar-refractivity contribution >= 4 is 28.7 Å². The van der Waals surface area contributed by atoms with Crippen LogP contribution in [0, 0.1) is 0 Å². The first-order valence-electron chi connectivity index (χ1n) is 2.66. The van der Waals surface area contributed by atoms with Gasteiger partial charge in [-0.2, -0.15) is 5.10 Å². The molecule has 0 aliphatic carbocycles. The van der Waals surface area contributed by atoms with Crippen LogP contribution in [0.2, 0.25) is 0 Å². The number of amidine groups is 1. The first-order chi connectivity index (χ1) is 4.04. The molecule has 0 bridgehead atoms. The molecule has 0 fully saturated rings. The Balaban J connectivity index is 3.84. The molecule has 0 rings (SSSR count). The normalized spacial score (nSPS) is 11.4. The quantitative estimate of drug-likeness (QED) is 0.225. The number of hydrogen-bond acceptors (Lipinski definition) is 2. The largest absolute Gasteiger partial charge is 0.365 e. The summed E-state index contributed by atoms with van der Waals surface area (Å²) in [6, 6.07) is 0. The third kappa shape index (κ3) is 4.50. The van der Waals surface area contributed by atoms with Gasteiger partial charge in [0.1, 0.15) is 5.84 Å². The van der Waals surface area contributed by atoms with Crippen LogP contribution in [0.4, 0.5) is 0 Å². The first-order valence-corrected chi connectivity index (χ1v) is 3.62. The second-order valence-corrected chi connectivity index (χ2v) is 3.38. The van der Waals surface area contributed by atoms with Gasteiger partial charge < -0.3 is 4.90 Å². The predicted octanol–water partition coefficient (Wildman–Crippen LogP) is 1.16. The standard InChI is InChI=1S/C5H12IN3/c1-5(8(2)3)7-9(4)6/h1-4H3/b7-5-. The van der Waals surface area contributed by atoms with Crippen molar-refractivity contribution in [2.45, 2.75) is 6.92 Å². The average molecular weight is 241 g/mol. The predicted molar refractivity (Wildman–Crippen MR) is 48.6 cm³/mol. The molecule has 0 aromatic heterocycles. The van der Waals surface area contributed by atoms with Gasteiger partial charge in [-0.3, -0.25) is 0 Å². The van der Waals surface area contributed by atoms with Crippen molar-refractivity contribution in [3.05, 3.63) is 0 Å².